The fourth-order valence-corrected chi connectivity index (χ4v) is 5.48. The molecule has 0 unspecified atom stereocenters. The largest absolute Gasteiger partial charge is 0.416 e. The van der Waals surface area contributed by atoms with Gasteiger partial charge in [0.05, 0.1) is 17.4 Å². The lowest BCUT2D eigenvalue weighted by molar-refractivity contribution is -0.137. The topological polar surface area (TPSA) is 99.6 Å². The first kappa shape index (κ1) is 32.2. The number of hydrogen-bond donors (Lipinski definition) is 2. The number of anilines is 2. The third kappa shape index (κ3) is 6.71. The zero-order chi connectivity index (χ0) is 33.0. The number of carbonyl (C=O) groups is 3. The van der Waals surface area contributed by atoms with Crippen LogP contribution in [-0.2, 0) is 15.8 Å². The van der Waals surface area contributed by atoms with Gasteiger partial charge in [-0.2, -0.15) is 18.3 Å². The first-order valence-electron chi connectivity index (χ1n) is 14.6. The van der Waals surface area contributed by atoms with Crippen LogP contribution >= 0.6 is 0 Å². The van der Waals surface area contributed by atoms with Crippen LogP contribution in [0.4, 0.5) is 24.7 Å². The Morgan fingerprint density at radius 1 is 0.978 bits per heavy atom. The second-order valence-corrected chi connectivity index (χ2v) is 11.0. The third-order valence-corrected chi connectivity index (χ3v) is 7.58. The van der Waals surface area contributed by atoms with Gasteiger partial charge in [0.1, 0.15) is 11.9 Å². The molecule has 46 heavy (non-hydrogen) atoms. The maximum absolute atomic E-state index is 14.3. The Bertz CT molecular complexity index is 1770. The second kappa shape index (κ2) is 13.4. The van der Waals surface area contributed by atoms with E-state index in [9.17, 15) is 27.6 Å². The molecule has 4 aromatic rings. The fourth-order valence-electron chi connectivity index (χ4n) is 5.48. The molecule has 0 bridgehead atoms. The normalized spacial score (nSPS) is 16.5. The van der Waals surface area contributed by atoms with E-state index < -0.39 is 41.4 Å². The summed E-state index contributed by atoms with van der Waals surface area (Å²) >= 11 is 0. The molecule has 0 saturated carbocycles. The summed E-state index contributed by atoms with van der Waals surface area (Å²) in [6.07, 6.45) is 0.0767. The number of likely N-dealkylation sites (N-methyl/N-ethyl adjacent to an activating group) is 2. The van der Waals surface area contributed by atoms with Gasteiger partial charge in [-0.05, 0) is 63.0 Å². The summed E-state index contributed by atoms with van der Waals surface area (Å²) < 4.78 is 42.0. The van der Waals surface area contributed by atoms with E-state index in [0.29, 0.717) is 34.9 Å². The Kier molecular flexibility index (Phi) is 9.38. The number of amides is 3. The Morgan fingerprint density at radius 2 is 1.70 bits per heavy atom. The number of carbonyl (C=O) groups excluding carboxylic acids is 3. The molecule has 1 aromatic heterocycles. The van der Waals surface area contributed by atoms with Gasteiger partial charge in [0.15, 0.2) is 0 Å². The number of rotatable bonds is 9. The zero-order valence-electron chi connectivity index (χ0n) is 25.5. The molecule has 12 heteroatoms. The second-order valence-electron chi connectivity index (χ2n) is 11.0. The molecule has 1 aliphatic rings. The van der Waals surface area contributed by atoms with Gasteiger partial charge >= 0.3 is 6.18 Å². The number of nitrogens with one attached hydrogen (secondary N) is 2. The Labute approximate surface area is 264 Å². The Hall–Kier alpha value is -5.23. The highest BCUT2D eigenvalue weighted by Crippen LogP contribution is 2.43. The van der Waals surface area contributed by atoms with Crippen LogP contribution < -0.4 is 15.5 Å². The standard InChI is InChI=1S/C34H33F3N6O3/c1-4-42-32-26(21-38-43(32)24-14-6-5-7-15-24)29(25-16-8-9-17-27(25)39-28(44)18-11-19-41(2)3)30(33(42)46)40-31(45)22-12-10-13-23(20-22)34(35,36)37/h5-18,20-21,29-30H,4,19H2,1-3H3,(H,39,44)(H,40,45)/b18-11+/t29-,30+/m0/s1. The summed E-state index contributed by atoms with van der Waals surface area (Å²) in [4.78, 5) is 44.1. The van der Waals surface area contributed by atoms with Crippen LogP contribution in [0.15, 0.2) is 97.2 Å². The van der Waals surface area contributed by atoms with Crippen molar-refractivity contribution in [3.05, 3.63) is 119 Å². The molecular weight excluding hydrogens is 597 g/mol. The van der Waals surface area contributed by atoms with Crippen molar-refractivity contribution in [1.29, 1.82) is 0 Å². The average Bonchev–Trinajstić information content (AvgIpc) is 3.46. The van der Waals surface area contributed by atoms with Crippen molar-refractivity contribution in [1.82, 2.24) is 20.0 Å². The van der Waals surface area contributed by atoms with E-state index >= 15 is 0 Å². The number of alkyl halides is 3. The molecule has 2 atom stereocenters. The molecule has 0 saturated heterocycles. The van der Waals surface area contributed by atoms with Gasteiger partial charge in [-0.1, -0.05) is 48.5 Å². The maximum Gasteiger partial charge on any atom is 0.416 e. The number of nitrogens with zero attached hydrogens (tertiary/aromatic N) is 4. The number of fused-ring (bicyclic) bond motifs is 1. The van der Waals surface area contributed by atoms with Gasteiger partial charge in [0.25, 0.3) is 11.8 Å². The van der Waals surface area contributed by atoms with Crippen molar-refractivity contribution in [2.45, 2.75) is 25.1 Å². The molecule has 0 aliphatic carbocycles. The van der Waals surface area contributed by atoms with Crippen molar-refractivity contribution in [3.63, 3.8) is 0 Å². The summed E-state index contributed by atoms with van der Waals surface area (Å²) in [5.74, 6) is -2.10. The Balaban J connectivity index is 1.62. The number of aromatic nitrogens is 2. The van der Waals surface area contributed by atoms with Crippen LogP contribution in [0, 0.1) is 0 Å². The zero-order valence-corrected chi connectivity index (χ0v) is 25.5. The number of para-hydroxylation sites is 2. The predicted octanol–water partition coefficient (Wildman–Crippen LogP) is 5.24. The number of hydrogen-bond acceptors (Lipinski definition) is 5. The summed E-state index contributed by atoms with van der Waals surface area (Å²) in [7, 11) is 3.75. The molecule has 3 aromatic carbocycles. The molecule has 238 valence electrons. The minimum Gasteiger partial charge on any atom is -0.339 e. The van der Waals surface area contributed by atoms with Gasteiger partial charge in [-0.3, -0.25) is 19.3 Å². The van der Waals surface area contributed by atoms with E-state index in [-0.39, 0.29) is 12.1 Å². The van der Waals surface area contributed by atoms with Gasteiger partial charge in [0, 0.05) is 41.9 Å². The maximum atomic E-state index is 14.3. The third-order valence-electron chi connectivity index (χ3n) is 7.58. The quantitative estimate of drug-likeness (QED) is 0.247. The molecule has 5 rings (SSSR count). The van der Waals surface area contributed by atoms with E-state index in [4.69, 9.17) is 0 Å². The first-order valence-corrected chi connectivity index (χ1v) is 14.6. The van der Waals surface area contributed by atoms with E-state index in [0.717, 1.165) is 18.2 Å². The molecule has 2 heterocycles. The summed E-state index contributed by atoms with van der Waals surface area (Å²) in [5.41, 5.74) is 0.981. The number of benzene rings is 3. The molecule has 9 nitrogen and oxygen atoms in total. The summed E-state index contributed by atoms with van der Waals surface area (Å²) in [6.45, 7) is 2.55. The average molecular weight is 631 g/mol. The monoisotopic (exact) mass is 630 g/mol. The van der Waals surface area contributed by atoms with Crippen molar-refractivity contribution in [3.8, 4) is 5.69 Å². The highest BCUT2D eigenvalue weighted by atomic mass is 19.4. The fraction of sp³-hybridized carbons (Fsp3) is 0.235. The Morgan fingerprint density at radius 3 is 2.39 bits per heavy atom. The van der Waals surface area contributed by atoms with Crippen LogP contribution in [0.5, 0.6) is 0 Å². The van der Waals surface area contributed by atoms with Crippen LogP contribution in [0.3, 0.4) is 0 Å². The van der Waals surface area contributed by atoms with E-state index in [1.54, 1.807) is 48.1 Å². The molecule has 2 N–H and O–H groups in total. The summed E-state index contributed by atoms with van der Waals surface area (Å²) in [5, 5.41) is 10.2. The van der Waals surface area contributed by atoms with E-state index in [1.165, 1.54) is 17.0 Å². The lowest BCUT2D eigenvalue weighted by Crippen LogP contribution is -2.55. The minimum absolute atomic E-state index is 0.224. The van der Waals surface area contributed by atoms with E-state index in [1.807, 2.05) is 49.3 Å². The molecule has 1 aliphatic heterocycles. The lowest BCUT2D eigenvalue weighted by Gasteiger charge is -2.38. The van der Waals surface area contributed by atoms with Crippen molar-refractivity contribution in [2.24, 2.45) is 0 Å². The van der Waals surface area contributed by atoms with Crippen molar-refractivity contribution in [2.75, 3.05) is 37.4 Å². The molecular formula is C34H33F3N6O3. The lowest BCUT2D eigenvalue weighted by atomic mass is 9.81. The minimum atomic E-state index is -4.66. The predicted molar refractivity (Wildman–Crippen MR) is 169 cm³/mol. The highest BCUT2D eigenvalue weighted by Gasteiger charge is 2.45. The van der Waals surface area contributed by atoms with E-state index in [2.05, 4.69) is 15.7 Å². The van der Waals surface area contributed by atoms with Crippen LogP contribution in [0.2, 0.25) is 0 Å². The molecule has 0 fully saturated rings. The molecule has 3 amide bonds. The SMILES string of the molecule is CCN1C(=O)[C@H](NC(=O)c2cccc(C(F)(F)F)c2)[C@@H](c2ccccc2NC(=O)/C=C/CN(C)C)c2cnn(-c3ccccc3)c21. The number of halogens is 3. The van der Waals surface area contributed by atoms with Crippen LogP contribution in [0.25, 0.3) is 5.69 Å². The van der Waals surface area contributed by atoms with Crippen molar-refractivity contribution >= 4 is 29.2 Å². The van der Waals surface area contributed by atoms with Gasteiger partial charge in [0.2, 0.25) is 5.91 Å². The smallest absolute Gasteiger partial charge is 0.339 e. The van der Waals surface area contributed by atoms with Gasteiger partial charge in [-0.15, -0.1) is 0 Å². The van der Waals surface area contributed by atoms with Gasteiger partial charge in [-0.25, -0.2) is 4.68 Å². The highest BCUT2D eigenvalue weighted by molar-refractivity contribution is 6.06. The van der Waals surface area contributed by atoms with Crippen LogP contribution in [0.1, 0.15) is 39.9 Å². The van der Waals surface area contributed by atoms with Crippen LogP contribution in [-0.4, -0.2) is 65.6 Å². The summed E-state index contributed by atoms with van der Waals surface area (Å²) in [6, 6.07) is 18.9. The van der Waals surface area contributed by atoms with Gasteiger partial charge < -0.3 is 15.5 Å². The molecule has 0 radical (unpaired) electrons. The first-order chi connectivity index (χ1) is 22.0. The van der Waals surface area contributed by atoms with Crippen molar-refractivity contribution < 1.29 is 27.6 Å². The molecule has 0 spiro atoms.